The van der Waals surface area contributed by atoms with Gasteiger partial charge in [-0.2, -0.15) is 10.2 Å². The zero-order valence-electron chi connectivity index (χ0n) is 15.6. The van der Waals surface area contributed by atoms with Crippen molar-refractivity contribution < 1.29 is 19.2 Å². The van der Waals surface area contributed by atoms with E-state index in [1.165, 1.54) is 32.0 Å². The number of hydrogen-bond donors (Lipinski definition) is 3. The summed E-state index contributed by atoms with van der Waals surface area (Å²) in [4.78, 5) is 46.6. The maximum absolute atomic E-state index is 12.4. The number of azo groups is 1. The third-order valence-corrected chi connectivity index (χ3v) is 3.94. The van der Waals surface area contributed by atoms with E-state index < -0.39 is 23.6 Å². The summed E-state index contributed by atoms with van der Waals surface area (Å²) in [6.07, 6.45) is 0. The number of rotatable bonds is 7. The van der Waals surface area contributed by atoms with Gasteiger partial charge < -0.3 is 16.4 Å². The number of carbonyl (C=O) groups is 4. The van der Waals surface area contributed by atoms with Crippen molar-refractivity contribution in [2.24, 2.45) is 16.0 Å². The number of Topliss-reactive ketones (excluding diaryl/α,β-unsaturated/α-hetero) is 1. The first-order valence-electron chi connectivity index (χ1n) is 8.36. The van der Waals surface area contributed by atoms with Crippen molar-refractivity contribution >= 4 is 52.2 Å². The van der Waals surface area contributed by atoms with Gasteiger partial charge in [0.1, 0.15) is 5.69 Å². The van der Waals surface area contributed by atoms with E-state index in [-0.39, 0.29) is 22.2 Å². The van der Waals surface area contributed by atoms with E-state index >= 15 is 0 Å². The van der Waals surface area contributed by atoms with E-state index in [4.69, 9.17) is 17.3 Å². The molecule has 0 aromatic heterocycles. The van der Waals surface area contributed by atoms with Gasteiger partial charge in [-0.25, -0.2) is 0 Å². The van der Waals surface area contributed by atoms with Gasteiger partial charge in [-0.3, -0.25) is 19.2 Å². The molecule has 0 aliphatic rings. The molecule has 2 aromatic rings. The summed E-state index contributed by atoms with van der Waals surface area (Å²) < 4.78 is 0. The van der Waals surface area contributed by atoms with Gasteiger partial charge >= 0.3 is 0 Å². The monoisotopic (exact) mass is 415 g/mol. The van der Waals surface area contributed by atoms with E-state index in [0.717, 1.165) is 0 Å². The van der Waals surface area contributed by atoms with Crippen LogP contribution in [0.5, 0.6) is 0 Å². The summed E-state index contributed by atoms with van der Waals surface area (Å²) in [6, 6.07) is 9.03. The van der Waals surface area contributed by atoms with Crippen LogP contribution in [0.2, 0.25) is 5.02 Å². The zero-order chi connectivity index (χ0) is 21.6. The van der Waals surface area contributed by atoms with Crippen molar-refractivity contribution in [1.82, 2.24) is 0 Å². The SMILES string of the molecule is CC(=O)Nc1ccc(NC(=O)C(N=Nc2cc(C(N)=O)ccc2Cl)C(C)=O)cc1. The van der Waals surface area contributed by atoms with Gasteiger partial charge in [0.05, 0.1) is 5.02 Å². The highest BCUT2D eigenvalue weighted by Gasteiger charge is 2.23. The normalized spacial score (nSPS) is 11.7. The lowest BCUT2D eigenvalue weighted by Gasteiger charge is -2.10. The molecule has 29 heavy (non-hydrogen) atoms. The molecule has 4 N–H and O–H groups in total. The maximum atomic E-state index is 12.4. The Kier molecular flexibility index (Phi) is 7.15. The van der Waals surface area contributed by atoms with E-state index in [9.17, 15) is 19.2 Å². The van der Waals surface area contributed by atoms with E-state index in [1.54, 1.807) is 24.3 Å². The van der Waals surface area contributed by atoms with Crippen LogP contribution in [0.4, 0.5) is 17.1 Å². The van der Waals surface area contributed by atoms with Crippen molar-refractivity contribution in [2.45, 2.75) is 19.9 Å². The average Bonchev–Trinajstić information content (AvgIpc) is 2.64. The van der Waals surface area contributed by atoms with Crippen molar-refractivity contribution in [3.8, 4) is 0 Å². The predicted octanol–water partition coefficient (Wildman–Crippen LogP) is 3.08. The van der Waals surface area contributed by atoms with Gasteiger partial charge in [0.2, 0.25) is 17.9 Å². The Morgan fingerprint density at radius 3 is 2.07 bits per heavy atom. The molecular weight excluding hydrogens is 398 g/mol. The third-order valence-electron chi connectivity index (χ3n) is 3.62. The topological polar surface area (TPSA) is 143 Å². The molecule has 10 heteroatoms. The summed E-state index contributed by atoms with van der Waals surface area (Å²) in [5.41, 5.74) is 6.43. The van der Waals surface area contributed by atoms with Gasteiger partial charge in [0.15, 0.2) is 5.78 Å². The molecule has 3 amide bonds. The zero-order valence-corrected chi connectivity index (χ0v) is 16.4. The number of halogens is 1. The molecule has 0 saturated carbocycles. The van der Waals surface area contributed by atoms with Crippen LogP contribution in [0.25, 0.3) is 0 Å². The minimum absolute atomic E-state index is 0.0988. The molecule has 1 unspecified atom stereocenters. The highest BCUT2D eigenvalue weighted by Crippen LogP contribution is 2.26. The summed E-state index contributed by atoms with van der Waals surface area (Å²) in [6.45, 7) is 2.58. The Balaban J connectivity index is 2.17. The minimum Gasteiger partial charge on any atom is -0.366 e. The number of anilines is 2. The van der Waals surface area contributed by atoms with Crippen LogP contribution in [-0.2, 0) is 14.4 Å². The van der Waals surface area contributed by atoms with Crippen molar-refractivity contribution in [3.63, 3.8) is 0 Å². The van der Waals surface area contributed by atoms with Gasteiger partial charge in [-0.05, 0) is 49.4 Å². The van der Waals surface area contributed by atoms with Crippen molar-refractivity contribution in [2.75, 3.05) is 10.6 Å². The molecule has 9 nitrogen and oxygen atoms in total. The standard InChI is InChI=1S/C19H18ClN5O4/c1-10(26)17(25-24-16-9-12(18(21)28)3-8-15(16)20)19(29)23-14-6-4-13(5-7-14)22-11(2)27/h3-9,17H,1-2H3,(H2,21,28)(H,22,27)(H,23,29). The Bertz CT molecular complexity index is 989. The van der Waals surface area contributed by atoms with E-state index in [2.05, 4.69) is 20.9 Å². The molecule has 0 fully saturated rings. The molecule has 0 heterocycles. The number of benzene rings is 2. The van der Waals surface area contributed by atoms with Crippen LogP contribution in [0.15, 0.2) is 52.7 Å². The van der Waals surface area contributed by atoms with E-state index in [0.29, 0.717) is 11.4 Å². The minimum atomic E-state index is -1.42. The average molecular weight is 416 g/mol. The van der Waals surface area contributed by atoms with Gasteiger partial charge in [-0.1, -0.05) is 11.6 Å². The van der Waals surface area contributed by atoms with Crippen LogP contribution >= 0.6 is 11.6 Å². The molecule has 0 radical (unpaired) electrons. The number of nitrogens with two attached hydrogens (primary N) is 1. The molecule has 0 saturated heterocycles. The maximum Gasteiger partial charge on any atom is 0.258 e. The molecule has 0 spiro atoms. The lowest BCUT2D eigenvalue weighted by Crippen LogP contribution is -2.31. The first kappa shape index (κ1) is 21.7. The summed E-state index contributed by atoms with van der Waals surface area (Å²) in [5, 5.41) is 12.9. The van der Waals surface area contributed by atoms with Crippen LogP contribution in [0.1, 0.15) is 24.2 Å². The smallest absolute Gasteiger partial charge is 0.258 e. The fraction of sp³-hybridized carbons (Fsp3) is 0.158. The van der Waals surface area contributed by atoms with Crippen LogP contribution in [0, 0.1) is 0 Å². The fourth-order valence-electron chi connectivity index (χ4n) is 2.23. The number of amides is 3. The van der Waals surface area contributed by atoms with Crippen molar-refractivity contribution in [3.05, 3.63) is 53.1 Å². The second kappa shape index (κ2) is 9.56. The first-order valence-corrected chi connectivity index (χ1v) is 8.74. The molecule has 0 aliphatic carbocycles. The number of carbonyl (C=O) groups excluding carboxylic acids is 4. The molecule has 1 atom stereocenters. The molecular formula is C19H18ClN5O4. The lowest BCUT2D eigenvalue weighted by molar-refractivity contribution is -0.126. The summed E-state index contributed by atoms with van der Waals surface area (Å²) in [7, 11) is 0. The molecule has 0 aliphatic heterocycles. The van der Waals surface area contributed by atoms with E-state index in [1.807, 2.05) is 0 Å². The summed E-state index contributed by atoms with van der Waals surface area (Å²) in [5.74, 6) is -2.14. The molecule has 2 aromatic carbocycles. The second-order valence-electron chi connectivity index (χ2n) is 6.01. The van der Waals surface area contributed by atoms with Crippen LogP contribution < -0.4 is 16.4 Å². The Labute approximate surface area is 171 Å². The fourth-order valence-corrected chi connectivity index (χ4v) is 2.39. The van der Waals surface area contributed by atoms with Gasteiger partial charge in [0, 0.05) is 23.9 Å². The molecule has 150 valence electrons. The molecule has 2 rings (SSSR count). The third kappa shape index (κ3) is 6.22. The van der Waals surface area contributed by atoms with Crippen LogP contribution in [0.3, 0.4) is 0 Å². The first-order chi connectivity index (χ1) is 13.7. The number of nitrogens with one attached hydrogen (secondary N) is 2. The predicted molar refractivity (Wildman–Crippen MR) is 108 cm³/mol. The van der Waals surface area contributed by atoms with Crippen molar-refractivity contribution in [1.29, 1.82) is 0 Å². The molecule has 0 bridgehead atoms. The Morgan fingerprint density at radius 2 is 1.55 bits per heavy atom. The van der Waals surface area contributed by atoms with Gasteiger partial charge in [-0.15, -0.1) is 0 Å². The van der Waals surface area contributed by atoms with Crippen LogP contribution in [-0.4, -0.2) is 29.5 Å². The number of primary amides is 1. The summed E-state index contributed by atoms with van der Waals surface area (Å²) >= 11 is 6.00. The number of nitrogens with zero attached hydrogens (tertiary/aromatic N) is 2. The lowest BCUT2D eigenvalue weighted by atomic mass is 10.2. The largest absolute Gasteiger partial charge is 0.366 e. The highest BCUT2D eigenvalue weighted by atomic mass is 35.5. The van der Waals surface area contributed by atoms with Gasteiger partial charge in [0.25, 0.3) is 5.91 Å². The second-order valence-corrected chi connectivity index (χ2v) is 6.41. The quantitative estimate of drug-likeness (QED) is 0.471. The Morgan fingerprint density at radius 1 is 0.966 bits per heavy atom. The Hall–Kier alpha value is -3.59. The highest BCUT2D eigenvalue weighted by molar-refractivity contribution is 6.33. The number of hydrogen-bond acceptors (Lipinski definition) is 6. The number of ketones is 1.